The second-order valence-electron chi connectivity index (χ2n) is 5.08. The van der Waals surface area contributed by atoms with Gasteiger partial charge in [-0.1, -0.05) is 11.8 Å². The largest absolute Gasteiger partial charge is 0.480 e. The van der Waals surface area contributed by atoms with E-state index < -0.39 is 11.2 Å². The third-order valence-electron chi connectivity index (χ3n) is 3.74. The number of aromatic nitrogens is 2. The van der Waals surface area contributed by atoms with Gasteiger partial charge in [0.05, 0.1) is 5.39 Å². The Balaban J connectivity index is 2.18. The molecule has 7 heteroatoms. The van der Waals surface area contributed by atoms with Crippen molar-refractivity contribution in [2.24, 2.45) is 0 Å². The SMILES string of the molecule is CCn1c(S[C@H](C)C(=O)O)nc2sc3c(c2c1=O)CCC3. The summed E-state index contributed by atoms with van der Waals surface area (Å²) in [6.45, 7) is 4.00. The molecule has 1 atom stereocenters. The third-order valence-corrected chi connectivity index (χ3v) is 6.00. The molecule has 0 aromatic carbocycles. The van der Waals surface area contributed by atoms with Gasteiger partial charge in [-0.3, -0.25) is 14.2 Å². The number of aryl methyl sites for hydroxylation is 2. The molecule has 2 heterocycles. The monoisotopic (exact) mass is 324 g/mol. The van der Waals surface area contributed by atoms with Gasteiger partial charge < -0.3 is 5.11 Å². The fraction of sp³-hybridized carbons (Fsp3) is 0.500. The predicted molar refractivity (Wildman–Crippen MR) is 84.5 cm³/mol. The van der Waals surface area contributed by atoms with Crippen LogP contribution >= 0.6 is 23.1 Å². The van der Waals surface area contributed by atoms with Crippen LogP contribution in [0.25, 0.3) is 10.2 Å². The van der Waals surface area contributed by atoms with E-state index in [0.29, 0.717) is 11.7 Å². The lowest BCUT2D eigenvalue weighted by Crippen LogP contribution is -2.24. The zero-order valence-corrected chi connectivity index (χ0v) is 13.5. The molecule has 0 saturated carbocycles. The highest BCUT2D eigenvalue weighted by Crippen LogP contribution is 2.35. The van der Waals surface area contributed by atoms with Gasteiger partial charge in [-0.2, -0.15) is 0 Å². The molecule has 2 aromatic rings. The van der Waals surface area contributed by atoms with Crippen LogP contribution in [-0.2, 0) is 24.2 Å². The molecule has 5 nitrogen and oxygen atoms in total. The number of fused-ring (bicyclic) bond motifs is 3. The van der Waals surface area contributed by atoms with Crippen LogP contribution in [0.1, 0.15) is 30.7 Å². The van der Waals surface area contributed by atoms with E-state index >= 15 is 0 Å². The van der Waals surface area contributed by atoms with Crippen LogP contribution in [0, 0.1) is 0 Å². The first-order valence-electron chi connectivity index (χ1n) is 6.97. The molecule has 0 aliphatic heterocycles. The average molecular weight is 324 g/mol. The van der Waals surface area contributed by atoms with Crippen molar-refractivity contribution in [3.05, 3.63) is 20.8 Å². The summed E-state index contributed by atoms with van der Waals surface area (Å²) < 4.78 is 1.60. The Morgan fingerprint density at radius 1 is 1.52 bits per heavy atom. The normalized spacial score (nSPS) is 15.3. The van der Waals surface area contributed by atoms with Gasteiger partial charge in [-0.15, -0.1) is 11.3 Å². The number of thiophene rings is 1. The maximum Gasteiger partial charge on any atom is 0.316 e. The van der Waals surface area contributed by atoms with E-state index in [1.54, 1.807) is 22.8 Å². The maximum absolute atomic E-state index is 12.7. The van der Waals surface area contributed by atoms with Gasteiger partial charge in [-0.25, -0.2) is 4.98 Å². The number of carbonyl (C=O) groups is 1. The molecule has 0 bridgehead atoms. The molecule has 0 radical (unpaired) electrons. The molecule has 2 aromatic heterocycles. The first-order valence-corrected chi connectivity index (χ1v) is 8.67. The zero-order chi connectivity index (χ0) is 15.1. The molecule has 21 heavy (non-hydrogen) atoms. The van der Waals surface area contributed by atoms with E-state index in [-0.39, 0.29) is 5.56 Å². The molecule has 112 valence electrons. The second-order valence-corrected chi connectivity index (χ2v) is 7.47. The Morgan fingerprint density at radius 3 is 2.95 bits per heavy atom. The lowest BCUT2D eigenvalue weighted by Gasteiger charge is -2.12. The lowest BCUT2D eigenvalue weighted by atomic mass is 10.2. The summed E-state index contributed by atoms with van der Waals surface area (Å²) in [5, 5.41) is 9.68. The highest BCUT2D eigenvalue weighted by Gasteiger charge is 2.24. The Labute approximate surface area is 130 Å². The molecule has 3 rings (SSSR count). The number of hydrogen-bond acceptors (Lipinski definition) is 5. The Morgan fingerprint density at radius 2 is 2.29 bits per heavy atom. The fourth-order valence-corrected chi connectivity index (χ4v) is 4.85. The van der Waals surface area contributed by atoms with Gasteiger partial charge in [-0.05, 0) is 38.7 Å². The van der Waals surface area contributed by atoms with E-state index in [1.807, 2.05) is 6.92 Å². The number of hydrogen-bond donors (Lipinski definition) is 1. The summed E-state index contributed by atoms with van der Waals surface area (Å²) in [6, 6.07) is 0. The molecule has 1 aliphatic rings. The number of thioether (sulfide) groups is 1. The Hall–Kier alpha value is -1.34. The van der Waals surface area contributed by atoms with Crippen LogP contribution in [0.3, 0.4) is 0 Å². The summed E-state index contributed by atoms with van der Waals surface area (Å²) in [4.78, 5) is 30.4. The average Bonchev–Trinajstić information content (AvgIpc) is 2.98. The van der Waals surface area contributed by atoms with Gasteiger partial charge >= 0.3 is 5.97 Å². The topological polar surface area (TPSA) is 72.2 Å². The maximum atomic E-state index is 12.7. The van der Waals surface area contributed by atoms with Crippen molar-refractivity contribution in [2.45, 2.75) is 50.1 Å². The minimum atomic E-state index is -0.898. The number of rotatable bonds is 4. The van der Waals surface area contributed by atoms with E-state index in [1.165, 1.54) is 4.88 Å². The summed E-state index contributed by atoms with van der Waals surface area (Å²) >= 11 is 2.72. The first-order chi connectivity index (χ1) is 10.0. The number of aliphatic carboxylic acids is 1. The van der Waals surface area contributed by atoms with E-state index in [0.717, 1.165) is 46.8 Å². The minimum Gasteiger partial charge on any atom is -0.480 e. The highest BCUT2D eigenvalue weighted by atomic mass is 32.2. The van der Waals surface area contributed by atoms with Crippen LogP contribution < -0.4 is 5.56 Å². The van der Waals surface area contributed by atoms with Crippen LogP contribution in [0.4, 0.5) is 0 Å². The summed E-state index contributed by atoms with van der Waals surface area (Å²) in [6.07, 6.45) is 3.08. The summed E-state index contributed by atoms with van der Waals surface area (Å²) in [7, 11) is 0. The fourth-order valence-electron chi connectivity index (χ4n) is 2.64. The molecule has 0 fully saturated rings. The van der Waals surface area contributed by atoms with Gasteiger partial charge in [0, 0.05) is 11.4 Å². The summed E-state index contributed by atoms with van der Waals surface area (Å²) in [5.74, 6) is -0.898. The quantitative estimate of drug-likeness (QED) is 0.691. The van der Waals surface area contributed by atoms with Crippen LogP contribution in [0.2, 0.25) is 0 Å². The standard InChI is InChI=1S/C14H16N2O3S2/c1-3-16-12(17)10-8-5-4-6-9(8)21-11(10)15-14(16)20-7(2)13(18)19/h7H,3-6H2,1-2H3,(H,18,19)/t7-/m1/s1. The number of carboxylic acids is 1. The molecular formula is C14H16N2O3S2. The lowest BCUT2D eigenvalue weighted by molar-refractivity contribution is -0.136. The van der Waals surface area contributed by atoms with Gasteiger partial charge in [0.15, 0.2) is 5.16 Å². The number of carboxylic acid groups (broad SMARTS) is 1. The predicted octanol–water partition coefficient (Wildman–Crippen LogP) is 2.53. The van der Waals surface area contributed by atoms with Crippen LogP contribution in [-0.4, -0.2) is 25.9 Å². The van der Waals surface area contributed by atoms with Gasteiger partial charge in [0.2, 0.25) is 0 Å². The third kappa shape index (κ3) is 2.38. The molecule has 0 saturated heterocycles. The van der Waals surface area contributed by atoms with Crippen molar-refractivity contribution in [3.63, 3.8) is 0 Å². The smallest absolute Gasteiger partial charge is 0.316 e. The van der Waals surface area contributed by atoms with Gasteiger partial charge in [0.1, 0.15) is 10.1 Å². The van der Waals surface area contributed by atoms with E-state index in [9.17, 15) is 9.59 Å². The molecule has 1 N–H and O–H groups in total. The van der Waals surface area contributed by atoms with E-state index in [4.69, 9.17) is 5.11 Å². The van der Waals surface area contributed by atoms with Crippen molar-refractivity contribution >= 4 is 39.3 Å². The van der Waals surface area contributed by atoms with E-state index in [2.05, 4.69) is 4.98 Å². The summed E-state index contributed by atoms with van der Waals surface area (Å²) in [5.41, 5.74) is 1.14. The minimum absolute atomic E-state index is 0.0259. The number of nitrogens with zero attached hydrogens (tertiary/aromatic N) is 2. The van der Waals surface area contributed by atoms with Gasteiger partial charge in [0.25, 0.3) is 5.56 Å². The van der Waals surface area contributed by atoms with Crippen LogP contribution in [0.15, 0.2) is 9.95 Å². The molecular weight excluding hydrogens is 308 g/mol. The van der Waals surface area contributed by atoms with Crippen molar-refractivity contribution in [1.82, 2.24) is 9.55 Å². The molecule has 0 spiro atoms. The second kappa shape index (κ2) is 5.46. The van der Waals surface area contributed by atoms with Crippen molar-refractivity contribution in [1.29, 1.82) is 0 Å². The zero-order valence-electron chi connectivity index (χ0n) is 11.9. The van der Waals surface area contributed by atoms with Crippen molar-refractivity contribution < 1.29 is 9.90 Å². The molecule has 0 amide bonds. The molecule has 1 aliphatic carbocycles. The van der Waals surface area contributed by atoms with Crippen molar-refractivity contribution in [3.8, 4) is 0 Å². The first kappa shape index (κ1) is 14.6. The Kier molecular flexibility index (Phi) is 3.79. The van der Waals surface area contributed by atoms with Crippen LogP contribution in [0.5, 0.6) is 0 Å². The highest BCUT2D eigenvalue weighted by molar-refractivity contribution is 8.00. The Bertz CT molecular complexity index is 779. The molecule has 0 unspecified atom stereocenters. The van der Waals surface area contributed by atoms with Crippen molar-refractivity contribution in [2.75, 3.05) is 0 Å².